The van der Waals surface area contributed by atoms with Gasteiger partial charge in [0.25, 0.3) is 0 Å². The smallest absolute Gasteiger partial charge is 0.229 e. The van der Waals surface area contributed by atoms with Gasteiger partial charge in [-0.15, -0.1) is 0 Å². The molecule has 2 fully saturated rings. The van der Waals surface area contributed by atoms with E-state index >= 15 is 0 Å². The molecule has 2 aromatic rings. The van der Waals surface area contributed by atoms with E-state index < -0.39 is 68.2 Å². The summed E-state index contributed by atoms with van der Waals surface area (Å²) in [6, 6.07) is 8.72. The Labute approximate surface area is 245 Å². The second-order valence-corrected chi connectivity index (χ2v) is 10.0. The standard InChI is InChI=1S/C29H34O14/c30-13-22-24(35)25(36)26(37)28(42-22)41-21-9-7-16(11-18(21)33)5-3-1-2-4-15-6-8-20(17(32)10-15)40-23-12-19(34)27(38)29(39,14-31)43-23/h2,4,6-11,19,22-28,30-39H,1,12-14H2. The van der Waals surface area contributed by atoms with Crippen LogP contribution in [0.15, 0.2) is 42.5 Å². The Hall–Kier alpha value is -3.46. The zero-order chi connectivity index (χ0) is 31.3. The van der Waals surface area contributed by atoms with E-state index in [4.69, 9.17) is 18.9 Å². The lowest BCUT2D eigenvalue weighted by Gasteiger charge is -2.41. The molecule has 0 aromatic heterocycles. The molecular formula is C29H34O14. The summed E-state index contributed by atoms with van der Waals surface area (Å²) in [5.74, 6) is 2.69. The predicted octanol–water partition coefficient (Wildman–Crippen LogP) is -1.74. The van der Waals surface area contributed by atoms with Crippen LogP contribution in [0.1, 0.15) is 24.0 Å². The highest BCUT2D eigenvalue weighted by Crippen LogP contribution is 2.34. The summed E-state index contributed by atoms with van der Waals surface area (Å²) in [7, 11) is 0. The topological polar surface area (TPSA) is 239 Å². The van der Waals surface area contributed by atoms with Gasteiger partial charge < -0.3 is 70.0 Å². The van der Waals surface area contributed by atoms with Gasteiger partial charge in [0, 0.05) is 18.4 Å². The SMILES string of the molecule is OCC1OC(Oc2ccc(C#CCC=Cc3ccc(OC4CC(O)C(O)C(O)(CO)O4)c(O)c3)cc2O)C(O)C(O)C1O. The number of ether oxygens (including phenoxy) is 4. The van der Waals surface area contributed by atoms with Crippen LogP contribution in [-0.2, 0) is 9.47 Å². The Kier molecular flexibility index (Phi) is 10.5. The molecular weight excluding hydrogens is 572 g/mol. The van der Waals surface area contributed by atoms with E-state index in [1.54, 1.807) is 24.3 Å². The van der Waals surface area contributed by atoms with Crippen LogP contribution in [-0.4, -0.2) is 119 Å². The molecule has 43 heavy (non-hydrogen) atoms. The molecule has 0 amide bonds. The van der Waals surface area contributed by atoms with Crippen LogP contribution in [0.4, 0.5) is 0 Å². The monoisotopic (exact) mass is 606 g/mol. The van der Waals surface area contributed by atoms with Crippen LogP contribution >= 0.6 is 0 Å². The average molecular weight is 607 g/mol. The van der Waals surface area contributed by atoms with Crippen molar-refractivity contribution < 1.29 is 70.0 Å². The van der Waals surface area contributed by atoms with Crippen molar-refractivity contribution in [2.24, 2.45) is 0 Å². The number of allylic oxidation sites excluding steroid dienone is 1. The summed E-state index contributed by atoms with van der Waals surface area (Å²) in [5.41, 5.74) is 1.05. The van der Waals surface area contributed by atoms with E-state index in [1.165, 1.54) is 24.3 Å². The summed E-state index contributed by atoms with van der Waals surface area (Å²) in [6.07, 6.45) is -8.28. The van der Waals surface area contributed by atoms with Crippen LogP contribution in [0.25, 0.3) is 6.08 Å². The predicted molar refractivity (Wildman–Crippen MR) is 145 cm³/mol. The van der Waals surface area contributed by atoms with Crippen LogP contribution in [0.2, 0.25) is 0 Å². The van der Waals surface area contributed by atoms with Gasteiger partial charge in [0.15, 0.2) is 23.0 Å². The van der Waals surface area contributed by atoms with E-state index in [0.717, 1.165) is 0 Å². The fraction of sp³-hybridized carbons (Fsp3) is 0.448. The molecule has 2 aliphatic rings. The normalized spacial score (nSPS) is 32.7. The zero-order valence-electron chi connectivity index (χ0n) is 22.7. The van der Waals surface area contributed by atoms with Gasteiger partial charge in [-0.2, -0.15) is 0 Å². The van der Waals surface area contributed by atoms with Crippen molar-refractivity contribution in [3.8, 4) is 34.8 Å². The third-order valence-corrected chi connectivity index (χ3v) is 6.88. The number of hydrogen-bond donors (Lipinski definition) is 10. The second kappa shape index (κ2) is 13.9. The first-order valence-corrected chi connectivity index (χ1v) is 13.3. The molecule has 10 N–H and O–H groups in total. The largest absolute Gasteiger partial charge is 0.504 e. The Morgan fingerprint density at radius 3 is 2.28 bits per heavy atom. The minimum absolute atomic E-state index is 0.00963. The molecule has 0 bridgehead atoms. The Balaban J connectivity index is 1.31. The third-order valence-electron chi connectivity index (χ3n) is 6.88. The number of benzene rings is 2. The summed E-state index contributed by atoms with van der Waals surface area (Å²) in [4.78, 5) is 0. The lowest BCUT2D eigenvalue weighted by molar-refractivity contribution is -0.360. The summed E-state index contributed by atoms with van der Waals surface area (Å²) in [6.45, 7) is -1.59. The van der Waals surface area contributed by atoms with Crippen molar-refractivity contribution >= 4 is 6.08 Å². The van der Waals surface area contributed by atoms with E-state index in [1.807, 2.05) is 0 Å². The first-order valence-electron chi connectivity index (χ1n) is 13.3. The van der Waals surface area contributed by atoms with Crippen LogP contribution in [0.3, 0.4) is 0 Å². The summed E-state index contributed by atoms with van der Waals surface area (Å²) >= 11 is 0. The van der Waals surface area contributed by atoms with Gasteiger partial charge in [-0.25, -0.2) is 0 Å². The molecule has 0 aliphatic carbocycles. The molecule has 14 heteroatoms. The van der Waals surface area contributed by atoms with E-state index in [2.05, 4.69) is 11.8 Å². The quantitative estimate of drug-likeness (QED) is 0.150. The highest BCUT2D eigenvalue weighted by atomic mass is 16.8. The lowest BCUT2D eigenvalue weighted by atomic mass is 9.99. The third kappa shape index (κ3) is 7.55. The van der Waals surface area contributed by atoms with Gasteiger partial charge in [-0.3, -0.25) is 0 Å². The molecule has 2 heterocycles. The molecule has 0 spiro atoms. The van der Waals surface area contributed by atoms with Crippen molar-refractivity contribution in [3.05, 3.63) is 53.6 Å². The molecule has 9 atom stereocenters. The van der Waals surface area contributed by atoms with Crippen molar-refractivity contribution in [2.75, 3.05) is 13.2 Å². The lowest BCUT2D eigenvalue weighted by Crippen LogP contribution is -2.60. The number of hydrogen-bond acceptors (Lipinski definition) is 14. The first kappa shape index (κ1) is 32.5. The molecule has 0 radical (unpaired) electrons. The van der Waals surface area contributed by atoms with Crippen molar-refractivity contribution in [3.63, 3.8) is 0 Å². The molecule has 2 aliphatic heterocycles. The highest BCUT2D eigenvalue weighted by Gasteiger charge is 2.49. The second-order valence-electron chi connectivity index (χ2n) is 10.0. The highest BCUT2D eigenvalue weighted by molar-refractivity contribution is 5.56. The van der Waals surface area contributed by atoms with Gasteiger partial charge >= 0.3 is 0 Å². The maximum Gasteiger partial charge on any atom is 0.229 e. The maximum atomic E-state index is 10.3. The van der Waals surface area contributed by atoms with E-state index in [-0.39, 0.29) is 29.4 Å². The van der Waals surface area contributed by atoms with E-state index in [0.29, 0.717) is 17.5 Å². The Morgan fingerprint density at radius 1 is 0.907 bits per heavy atom. The van der Waals surface area contributed by atoms with Crippen molar-refractivity contribution in [1.82, 2.24) is 0 Å². The summed E-state index contributed by atoms with van der Waals surface area (Å²) in [5, 5.41) is 99.0. The van der Waals surface area contributed by atoms with Gasteiger partial charge in [-0.05, 0) is 35.9 Å². The molecule has 0 saturated carbocycles. The van der Waals surface area contributed by atoms with Crippen molar-refractivity contribution in [2.45, 2.75) is 67.8 Å². The van der Waals surface area contributed by atoms with Gasteiger partial charge in [0.05, 0.1) is 19.3 Å². The van der Waals surface area contributed by atoms with Gasteiger partial charge in [0.2, 0.25) is 18.4 Å². The number of aromatic hydroxyl groups is 2. The minimum atomic E-state index is -2.41. The molecule has 2 aromatic carbocycles. The van der Waals surface area contributed by atoms with Gasteiger partial charge in [0.1, 0.15) is 30.5 Å². The number of phenolic OH excluding ortho intramolecular Hbond substituents is 2. The molecule has 4 rings (SSSR count). The van der Waals surface area contributed by atoms with Crippen molar-refractivity contribution in [1.29, 1.82) is 0 Å². The molecule has 9 unspecified atom stereocenters. The Morgan fingerprint density at radius 2 is 1.60 bits per heavy atom. The molecule has 234 valence electrons. The fourth-order valence-corrected chi connectivity index (χ4v) is 4.45. The zero-order valence-corrected chi connectivity index (χ0v) is 22.7. The minimum Gasteiger partial charge on any atom is -0.504 e. The number of phenols is 2. The van der Waals surface area contributed by atoms with Crippen LogP contribution in [0.5, 0.6) is 23.0 Å². The number of rotatable bonds is 8. The maximum absolute atomic E-state index is 10.3. The fourth-order valence-electron chi connectivity index (χ4n) is 4.45. The van der Waals surface area contributed by atoms with Crippen LogP contribution in [0, 0.1) is 11.8 Å². The molecule has 14 nitrogen and oxygen atoms in total. The summed E-state index contributed by atoms with van der Waals surface area (Å²) < 4.78 is 21.4. The first-order chi connectivity index (χ1) is 20.4. The van der Waals surface area contributed by atoms with E-state index in [9.17, 15) is 51.1 Å². The van der Waals surface area contributed by atoms with Gasteiger partial charge in [-0.1, -0.05) is 30.1 Å². The Bertz CT molecular complexity index is 1340. The average Bonchev–Trinajstić information content (AvgIpc) is 2.98. The number of aliphatic hydroxyl groups excluding tert-OH is 7. The number of aliphatic hydroxyl groups is 8. The molecule has 2 saturated heterocycles. The van der Waals surface area contributed by atoms with Crippen LogP contribution < -0.4 is 9.47 Å².